The van der Waals surface area contributed by atoms with E-state index in [4.69, 9.17) is 8.92 Å². The van der Waals surface area contributed by atoms with Crippen molar-refractivity contribution in [2.45, 2.75) is 32.2 Å². The highest BCUT2D eigenvalue weighted by Crippen LogP contribution is 2.18. The van der Waals surface area contributed by atoms with E-state index in [-0.39, 0.29) is 30.6 Å². The summed E-state index contributed by atoms with van der Waals surface area (Å²) in [7, 11) is -2.22. The lowest BCUT2D eigenvalue weighted by molar-refractivity contribution is -0.136. The van der Waals surface area contributed by atoms with E-state index in [0.29, 0.717) is 6.54 Å². The van der Waals surface area contributed by atoms with Crippen molar-refractivity contribution >= 4 is 16.0 Å². The van der Waals surface area contributed by atoms with Gasteiger partial charge in [0.2, 0.25) is 5.91 Å². The molecule has 0 aliphatic heterocycles. The van der Waals surface area contributed by atoms with Crippen LogP contribution in [0.15, 0.2) is 48.5 Å². The van der Waals surface area contributed by atoms with Gasteiger partial charge in [-0.25, -0.2) is 4.39 Å². The topological polar surface area (TPSA) is 72.9 Å². The second-order valence-electron chi connectivity index (χ2n) is 6.58. The molecule has 0 spiro atoms. The summed E-state index contributed by atoms with van der Waals surface area (Å²) in [6.45, 7) is 3.59. The average molecular weight is 409 g/mol. The Morgan fingerprint density at radius 3 is 1.96 bits per heavy atom. The Labute approximate surface area is 165 Å². The summed E-state index contributed by atoms with van der Waals surface area (Å²) in [6, 6.07) is 12.4. The van der Waals surface area contributed by atoms with Crippen molar-refractivity contribution < 1.29 is 26.5 Å². The highest BCUT2D eigenvalue weighted by atomic mass is 32.2. The second-order valence-corrected chi connectivity index (χ2v) is 8.67. The van der Waals surface area contributed by atoms with Gasteiger partial charge in [0.05, 0.1) is 5.25 Å². The van der Waals surface area contributed by atoms with E-state index >= 15 is 0 Å². The molecule has 0 bridgehead atoms. The van der Waals surface area contributed by atoms with E-state index in [0.717, 1.165) is 11.1 Å². The van der Waals surface area contributed by atoms with Crippen LogP contribution >= 0.6 is 0 Å². The lowest BCUT2D eigenvalue weighted by Crippen LogP contribution is -2.32. The summed E-state index contributed by atoms with van der Waals surface area (Å²) in [6.07, 6.45) is 0. The standard InChI is InChI=1S/C20H24FNO5S/c1-15(2)28(24,25)27-19-10-6-17(7-11-19)13-22(20(23)14-26-3)12-16-4-8-18(21)9-5-16/h4-11,15H,12-14H2,1-3H3. The maximum absolute atomic E-state index is 13.1. The number of carbonyl (C=O) groups excluding carboxylic acids is 1. The third-order valence-corrected chi connectivity index (χ3v) is 5.57. The average Bonchev–Trinajstić information content (AvgIpc) is 2.64. The van der Waals surface area contributed by atoms with Crippen LogP contribution in [0.3, 0.4) is 0 Å². The van der Waals surface area contributed by atoms with E-state index in [1.807, 2.05) is 0 Å². The van der Waals surface area contributed by atoms with E-state index in [1.165, 1.54) is 19.2 Å². The summed E-state index contributed by atoms with van der Waals surface area (Å²) in [5.41, 5.74) is 1.58. The van der Waals surface area contributed by atoms with Gasteiger partial charge in [0.15, 0.2) is 0 Å². The van der Waals surface area contributed by atoms with Crippen molar-refractivity contribution in [3.63, 3.8) is 0 Å². The Morgan fingerprint density at radius 1 is 1.00 bits per heavy atom. The van der Waals surface area contributed by atoms with Crippen molar-refractivity contribution in [3.8, 4) is 5.75 Å². The molecule has 0 aromatic heterocycles. The molecule has 8 heteroatoms. The zero-order valence-corrected chi connectivity index (χ0v) is 16.9. The van der Waals surface area contributed by atoms with Crippen LogP contribution in [0.2, 0.25) is 0 Å². The number of halogens is 1. The fourth-order valence-electron chi connectivity index (χ4n) is 2.36. The van der Waals surface area contributed by atoms with Gasteiger partial charge in [-0.05, 0) is 49.2 Å². The minimum absolute atomic E-state index is 0.0744. The fourth-order valence-corrected chi connectivity index (χ4v) is 2.93. The van der Waals surface area contributed by atoms with Crippen LogP contribution in [0.4, 0.5) is 4.39 Å². The third kappa shape index (κ3) is 6.31. The molecule has 0 heterocycles. The van der Waals surface area contributed by atoms with Crippen molar-refractivity contribution in [3.05, 3.63) is 65.5 Å². The maximum atomic E-state index is 13.1. The Hall–Kier alpha value is -2.45. The number of rotatable bonds is 9. The predicted molar refractivity (Wildman–Crippen MR) is 104 cm³/mol. The van der Waals surface area contributed by atoms with E-state index < -0.39 is 15.4 Å². The van der Waals surface area contributed by atoms with Crippen LogP contribution in [-0.4, -0.2) is 38.2 Å². The molecule has 1 amide bonds. The number of hydrogen-bond donors (Lipinski definition) is 0. The monoisotopic (exact) mass is 409 g/mol. The SMILES string of the molecule is COCC(=O)N(Cc1ccc(F)cc1)Cc1ccc(OS(=O)(=O)C(C)C)cc1. The highest BCUT2D eigenvalue weighted by molar-refractivity contribution is 7.87. The molecule has 0 saturated heterocycles. The van der Waals surface area contributed by atoms with E-state index in [1.54, 1.807) is 55.1 Å². The number of methoxy groups -OCH3 is 1. The van der Waals surface area contributed by atoms with Gasteiger partial charge in [-0.15, -0.1) is 0 Å². The molecule has 152 valence electrons. The first-order chi connectivity index (χ1) is 13.2. The quantitative estimate of drug-likeness (QED) is 0.595. The van der Waals surface area contributed by atoms with Gasteiger partial charge in [-0.2, -0.15) is 8.42 Å². The number of ether oxygens (including phenoxy) is 1. The van der Waals surface area contributed by atoms with Gasteiger partial charge in [-0.1, -0.05) is 24.3 Å². The van der Waals surface area contributed by atoms with Crippen molar-refractivity contribution in [2.24, 2.45) is 0 Å². The normalized spacial score (nSPS) is 11.5. The van der Waals surface area contributed by atoms with Gasteiger partial charge in [-0.3, -0.25) is 4.79 Å². The largest absolute Gasteiger partial charge is 0.382 e. The van der Waals surface area contributed by atoms with Crippen LogP contribution in [0.25, 0.3) is 0 Å². The molecule has 0 aliphatic rings. The number of hydrogen-bond acceptors (Lipinski definition) is 5. The summed E-state index contributed by atoms with van der Waals surface area (Å²) in [4.78, 5) is 14.0. The Bertz CT molecular complexity index is 880. The summed E-state index contributed by atoms with van der Waals surface area (Å²) in [5.74, 6) is -0.342. The Balaban J connectivity index is 2.12. The molecule has 2 rings (SSSR count). The second kappa shape index (κ2) is 9.66. The van der Waals surface area contributed by atoms with Crippen molar-refractivity contribution in [2.75, 3.05) is 13.7 Å². The van der Waals surface area contributed by atoms with Gasteiger partial charge >= 0.3 is 10.1 Å². The van der Waals surface area contributed by atoms with E-state index in [9.17, 15) is 17.6 Å². The van der Waals surface area contributed by atoms with Gasteiger partial charge in [0.1, 0.15) is 18.2 Å². The first-order valence-electron chi connectivity index (χ1n) is 8.74. The lowest BCUT2D eigenvalue weighted by Gasteiger charge is -2.23. The smallest absolute Gasteiger partial charge is 0.311 e. The molecular weight excluding hydrogens is 385 g/mol. The Kier molecular flexibility index (Phi) is 7.53. The van der Waals surface area contributed by atoms with Crippen LogP contribution in [0, 0.1) is 5.82 Å². The third-order valence-electron chi connectivity index (χ3n) is 3.99. The van der Waals surface area contributed by atoms with Gasteiger partial charge < -0.3 is 13.8 Å². The molecule has 0 atom stereocenters. The summed E-state index contributed by atoms with van der Waals surface area (Å²) < 4.78 is 46.8. The van der Waals surface area contributed by atoms with Gasteiger partial charge in [0.25, 0.3) is 0 Å². The molecule has 0 saturated carbocycles. The number of benzene rings is 2. The molecule has 28 heavy (non-hydrogen) atoms. The molecule has 0 fully saturated rings. The number of nitrogens with zero attached hydrogens (tertiary/aromatic N) is 1. The van der Waals surface area contributed by atoms with Gasteiger partial charge in [0, 0.05) is 20.2 Å². The first kappa shape index (κ1) is 21.8. The zero-order chi connectivity index (χ0) is 20.7. The molecule has 2 aromatic carbocycles. The predicted octanol–water partition coefficient (Wildman–Crippen LogP) is 3.12. The van der Waals surface area contributed by atoms with Crippen molar-refractivity contribution in [1.29, 1.82) is 0 Å². The molecule has 0 unspecified atom stereocenters. The molecule has 6 nitrogen and oxygen atoms in total. The van der Waals surface area contributed by atoms with Crippen LogP contribution in [0.1, 0.15) is 25.0 Å². The van der Waals surface area contributed by atoms with E-state index in [2.05, 4.69) is 0 Å². The zero-order valence-electron chi connectivity index (χ0n) is 16.1. The molecular formula is C20H24FNO5S. The first-order valence-corrected chi connectivity index (χ1v) is 10.2. The summed E-state index contributed by atoms with van der Waals surface area (Å²) in [5, 5.41) is -0.648. The minimum Gasteiger partial charge on any atom is -0.382 e. The maximum Gasteiger partial charge on any atom is 0.311 e. The minimum atomic E-state index is -3.66. The van der Waals surface area contributed by atoms with Crippen LogP contribution < -0.4 is 4.18 Å². The fraction of sp³-hybridized carbons (Fsp3) is 0.350. The molecule has 0 aliphatic carbocycles. The molecule has 0 radical (unpaired) electrons. The highest BCUT2D eigenvalue weighted by Gasteiger charge is 2.18. The number of carbonyl (C=O) groups is 1. The van der Waals surface area contributed by atoms with Crippen LogP contribution in [-0.2, 0) is 32.7 Å². The number of amides is 1. The molecule has 0 N–H and O–H groups in total. The van der Waals surface area contributed by atoms with Crippen molar-refractivity contribution in [1.82, 2.24) is 4.90 Å². The molecule has 2 aromatic rings. The Morgan fingerprint density at radius 2 is 1.50 bits per heavy atom. The lowest BCUT2D eigenvalue weighted by atomic mass is 10.1. The summed E-state index contributed by atoms with van der Waals surface area (Å²) >= 11 is 0. The van der Waals surface area contributed by atoms with Crippen LogP contribution in [0.5, 0.6) is 5.75 Å².